The average molecular weight is 360 g/mol. The third-order valence-electron chi connectivity index (χ3n) is 5.49. The summed E-state index contributed by atoms with van der Waals surface area (Å²) in [7, 11) is 0. The zero-order chi connectivity index (χ0) is 17.6. The first kappa shape index (κ1) is 16.6. The lowest BCUT2D eigenvalue weighted by molar-refractivity contribution is -0.121. The lowest BCUT2D eigenvalue weighted by Crippen LogP contribution is -2.48. The summed E-state index contributed by atoms with van der Waals surface area (Å²) in [6, 6.07) is 9.69. The van der Waals surface area contributed by atoms with Crippen LogP contribution in [0, 0.1) is 11.8 Å². The second-order valence-corrected chi connectivity index (χ2v) is 7.71. The van der Waals surface area contributed by atoms with Crippen LogP contribution in [-0.2, 0) is 4.79 Å². The number of anilines is 1. The van der Waals surface area contributed by atoms with Crippen molar-refractivity contribution in [2.45, 2.75) is 31.9 Å². The maximum Gasteiger partial charge on any atom is 0.217 e. The standard InChI is InChI=1S/C19H22ClN3O2/c1-11(24)21-17-7-13-9-23(10-14(13)8-18(17)25)19-5-2-12-6-15(20)3-4-16(12)22-19/h2-6,13-14,17-18,25H,7-10H2,1H3,(H,21,24)/t13-,14+,17-,18-/m1/s1. The van der Waals surface area contributed by atoms with E-state index in [0.717, 1.165) is 42.7 Å². The lowest BCUT2D eigenvalue weighted by atomic mass is 9.77. The molecule has 1 amide bonds. The molecule has 0 radical (unpaired) electrons. The summed E-state index contributed by atoms with van der Waals surface area (Å²) in [5.74, 6) is 1.81. The van der Waals surface area contributed by atoms with E-state index in [4.69, 9.17) is 16.6 Å². The fourth-order valence-corrected chi connectivity index (χ4v) is 4.48. The summed E-state index contributed by atoms with van der Waals surface area (Å²) < 4.78 is 0. The zero-order valence-corrected chi connectivity index (χ0v) is 14.9. The number of hydrogen-bond acceptors (Lipinski definition) is 4. The first-order valence-corrected chi connectivity index (χ1v) is 9.14. The number of nitrogens with one attached hydrogen (secondary N) is 1. The summed E-state index contributed by atoms with van der Waals surface area (Å²) >= 11 is 6.04. The van der Waals surface area contributed by atoms with Gasteiger partial charge in [-0.1, -0.05) is 11.6 Å². The highest BCUT2D eigenvalue weighted by molar-refractivity contribution is 6.31. The van der Waals surface area contributed by atoms with Crippen LogP contribution in [0.4, 0.5) is 5.82 Å². The number of benzene rings is 1. The number of halogens is 1. The van der Waals surface area contributed by atoms with Crippen LogP contribution in [0.3, 0.4) is 0 Å². The Morgan fingerprint density at radius 3 is 2.76 bits per heavy atom. The van der Waals surface area contributed by atoms with Gasteiger partial charge in [-0.25, -0.2) is 4.98 Å². The third-order valence-corrected chi connectivity index (χ3v) is 5.73. The molecular weight excluding hydrogens is 338 g/mol. The van der Waals surface area contributed by atoms with E-state index in [1.54, 1.807) is 0 Å². The van der Waals surface area contributed by atoms with Crippen molar-refractivity contribution in [2.75, 3.05) is 18.0 Å². The number of amides is 1. The Morgan fingerprint density at radius 1 is 1.24 bits per heavy atom. The number of aliphatic hydroxyl groups excluding tert-OH is 1. The highest BCUT2D eigenvalue weighted by Crippen LogP contribution is 2.38. The second kappa shape index (κ2) is 6.46. The molecule has 1 aromatic heterocycles. The molecule has 4 atom stereocenters. The Labute approximate surface area is 152 Å². The second-order valence-electron chi connectivity index (χ2n) is 7.28. The molecule has 1 aromatic carbocycles. The summed E-state index contributed by atoms with van der Waals surface area (Å²) in [5.41, 5.74) is 0.938. The van der Waals surface area contributed by atoms with Gasteiger partial charge in [0.05, 0.1) is 17.7 Å². The van der Waals surface area contributed by atoms with E-state index < -0.39 is 6.10 Å². The minimum absolute atomic E-state index is 0.0767. The van der Waals surface area contributed by atoms with Crippen molar-refractivity contribution in [3.63, 3.8) is 0 Å². The highest BCUT2D eigenvalue weighted by Gasteiger charge is 2.42. The van der Waals surface area contributed by atoms with E-state index in [-0.39, 0.29) is 11.9 Å². The number of nitrogens with zero attached hydrogens (tertiary/aromatic N) is 2. The monoisotopic (exact) mass is 359 g/mol. The molecule has 1 aliphatic heterocycles. The SMILES string of the molecule is CC(=O)N[C@@H]1C[C@@H]2CN(c3ccc4cc(Cl)ccc4n3)C[C@@H]2C[C@H]1O. The number of carbonyl (C=O) groups excluding carboxylic acids is 1. The summed E-state index contributed by atoms with van der Waals surface area (Å²) in [6.45, 7) is 3.32. The minimum atomic E-state index is -0.461. The molecule has 0 unspecified atom stereocenters. The fourth-order valence-electron chi connectivity index (χ4n) is 4.30. The van der Waals surface area contributed by atoms with Crippen LogP contribution in [0.15, 0.2) is 30.3 Å². The molecule has 132 valence electrons. The molecule has 1 saturated carbocycles. The van der Waals surface area contributed by atoms with Crippen molar-refractivity contribution >= 4 is 34.2 Å². The molecule has 4 rings (SSSR count). The predicted molar refractivity (Wildman–Crippen MR) is 98.8 cm³/mol. The number of aromatic nitrogens is 1. The van der Waals surface area contributed by atoms with E-state index in [0.29, 0.717) is 16.9 Å². The number of pyridine rings is 1. The number of aliphatic hydroxyl groups is 1. The Hall–Kier alpha value is -1.85. The molecule has 2 heterocycles. The van der Waals surface area contributed by atoms with Crippen LogP contribution in [0.25, 0.3) is 10.9 Å². The summed E-state index contributed by atoms with van der Waals surface area (Å²) in [4.78, 5) is 18.4. The van der Waals surface area contributed by atoms with Crippen molar-refractivity contribution in [1.29, 1.82) is 0 Å². The molecule has 1 aliphatic carbocycles. The van der Waals surface area contributed by atoms with Crippen LogP contribution in [0.2, 0.25) is 5.02 Å². The van der Waals surface area contributed by atoms with Crippen LogP contribution < -0.4 is 10.2 Å². The Morgan fingerprint density at radius 2 is 2.00 bits per heavy atom. The Bertz CT molecular complexity index is 812. The van der Waals surface area contributed by atoms with E-state index >= 15 is 0 Å². The van der Waals surface area contributed by atoms with Gasteiger partial charge in [0.1, 0.15) is 5.82 Å². The minimum Gasteiger partial charge on any atom is -0.391 e. The van der Waals surface area contributed by atoms with Gasteiger partial charge in [0.25, 0.3) is 0 Å². The maximum atomic E-state index is 11.3. The van der Waals surface area contributed by atoms with Crippen molar-refractivity contribution < 1.29 is 9.90 Å². The predicted octanol–water partition coefficient (Wildman–Crippen LogP) is 2.60. The normalized spacial score (nSPS) is 28.8. The first-order chi connectivity index (χ1) is 12.0. The molecule has 0 spiro atoms. The zero-order valence-electron chi connectivity index (χ0n) is 14.2. The van der Waals surface area contributed by atoms with Crippen molar-refractivity contribution in [2.24, 2.45) is 11.8 Å². The van der Waals surface area contributed by atoms with Gasteiger partial charge in [-0.3, -0.25) is 4.79 Å². The molecule has 1 saturated heterocycles. The number of rotatable bonds is 2. The summed E-state index contributed by atoms with van der Waals surface area (Å²) in [5, 5.41) is 15.0. The van der Waals surface area contributed by atoms with Gasteiger partial charge >= 0.3 is 0 Å². The van der Waals surface area contributed by atoms with Crippen molar-refractivity contribution in [3.8, 4) is 0 Å². The van der Waals surface area contributed by atoms with Gasteiger partial charge in [0, 0.05) is 30.4 Å². The molecular formula is C19H22ClN3O2. The van der Waals surface area contributed by atoms with Gasteiger partial charge in [-0.2, -0.15) is 0 Å². The molecule has 6 heteroatoms. The van der Waals surface area contributed by atoms with Gasteiger partial charge in [0.15, 0.2) is 0 Å². The van der Waals surface area contributed by atoms with Crippen molar-refractivity contribution in [3.05, 3.63) is 35.4 Å². The largest absolute Gasteiger partial charge is 0.391 e. The highest BCUT2D eigenvalue weighted by atomic mass is 35.5. The van der Waals surface area contributed by atoms with Crippen LogP contribution in [0.1, 0.15) is 19.8 Å². The lowest BCUT2D eigenvalue weighted by Gasteiger charge is -2.35. The van der Waals surface area contributed by atoms with Gasteiger partial charge in [0.2, 0.25) is 5.91 Å². The topological polar surface area (TPSA) is 65.5 Å². The van der Waals surface area contributed by atoms with Crippen LogP contribution in [-0.4, -0.2) is 41.2 Å². The fraction of sp³-hybridized carbons (Fsp3) is 0.474. The molecule has 0 bridgehead atoms. The molecule has 2 fully saturated rings. The Balaban J connectivity index is 1.52. The average Bonchev–Trinajstić information content (AvgIpc) is 2.97. The van der Waals surface area contributed by atoms with E-state index in [1.165, 1.54) is 6.92 Å². The summed E-state index contributed by atoms with van der Waals surface area (Å²) in [6.07, 6.45) is 1.09. The molecule has 2 aliphatic rings. The molecule has 5 nitrogen and oxygen atoms in total. The van der Waals surface area contributed by atoms with E-state index in [1.807, 2.05) is 24.3 Å². The number of carbonyl (C=O) groups is 1. The van der Waals surface area contributed by atoms with Gasteiger partial charge in [-0.05, 0) is 55.0 Å². The Kier molecular flexibility index (Phi) is 4.29. The molecule has 25 heavy (non-hydrogen) atoms. The van der Waals surface area contributed by atoms with Crippen LogP contribution in [0.5, 0.6) is 0 Å². The van der Waals surface area contributed by atoms with Crippen LogP contribution >= 0.6 is 11.6 Å². The quantitative estimate of drug-likeness (QED) is 0.865. The number of fused-ring (bicyclic) bond motifs is 2. The first-order valence-electron chi connectivity index (χ1n) is 8.76. The van der Waals surface area contributed by atoms with Gasteiger partial charge in [-0.15, -0.1) is 0 Å². The third kappa shape index (κ3) is 3.31. The van der Waals surface area contributed by atoms with Gasteiger partial charge < -0.3 is 15.3 Å². The smallest absolute Gasteiger partial charge is 0.217 e. The van der Waals surface area contributed by atoms with Crippen molar-refractivity contribution in [1.82, 2.24) is 10.3 Å². The maximum absolute atomic E-state index is 11.3. The number of hydrogen-bond donors (Lipinski definition) is 2. The molecule has 2 aromatic rings. The van der Waals surface area contributed by atoms with E-state index in [2.05, 4.69) is 16.3 Å². The van der Waals surface area contributed by atoms with E-state index in [9.17, 15) is 9.90 Å². The molecule has 2 N–H and O–H groups in total.